The average molecular weight is 237 g/mol. The summed E-state index contributed by atoms with van der Waals surface area (Å²) in [6, 6.07) is 7.30. The van der Waals surface area contributed by atoms with Crippen molar-refractivity contribution in [3.05, 3.63) is 35.6 Å². The Morgan fingerprint density at radius 3 is 2.24 bits per heavy atom. The van der Waals surface area contributed by atoms with Crippen LogP contribution in [0.4, 0.5) is 4.39 Å². The van der Waals surface area contributed by atoms with Crippen molar-refractivity contribution < 1.29 is 4.39 Å². The Labute approximate surface area is 104 Å². The van der Waals surface area contributed by atoms with Crippen molar-refractivity contribution in [2.75, 3.05) is 6.54 Å². The van der Waals surface area contributed by atoms with E-state index in [9.17, 15) is 4.39 Å². The number of hydrogen-bond donors (Lipinski definition) is 1. The second-order valence-corrected chi connectivity index (χ2v) is 5.14. The molecule has 0 aliphatic heterocycles. The van der Waals surface area contributed by atoms with Crippen LogP contribution in [-0.4, -0.2) is 12.6 Å². The van der Waals surface area contributed by atoms with Gasteiger partial charge in [0.1, 0.15) is 5.82 Å². The van der Waals surface area contributed by atoms with E-state index in [2.05, 4.69) is 33.0 Å². The van der Waals surface area contributed by atoms with E-state index in [1.807, 2.05) is 12.1 Å². The minimum atomic E-state index is -0.167. The zero-order valence-corrected chi connectivity index (χ0v) is 11.4. The van der Waals surface area contributed by atoms with E-state index in [1.54, 1.807) is 12.1 Å². The molecule has 0 amide bonds. The predicted molar refractivity (Wildman–Crippen MR) is 71.8 cm³/mol. The summed E-state index contributed by atoms with van der Waals surface area (Å²) in [4.78, 5) is 0. The van der Waals surface area contributed by atoms with Crippen molar-refractivity contribution in [3.8, 4) is 0 Å². The first-order valence-corrected chi connectivity index (χ1v) is 6.51. The zero-order chi connectivity index (χ0) is 12.9. The number of rotatable bonds is 6. The second-order valence-electron chi connectivity index (χ2n) is 5.14. The van der Waals surface area contributed by atoms with Crippen molar-refractivity contribution in [2.45, 2.75) is 52.0 Å². The largest absolute Gasteiger partial charge is 0.313 e. The molecular weight excluding hydrogens is 213 g/mol. The molecule has 0 fully saturated rings. The van der Waals surface area contributed by atoms with Gasteiger partial charge in [0.05, 0.1) is 0 Å². The molecule has 1 unspecified atom stereocenters. The van der Waals surface area contributed by atoms with Crippen LogP contribution in [-0.2, 0) is 5.41 Å². The van der Waals surface area contributed by atoms with E-state index in [1.165, 1.54) is 5.56 Å². The lowest BCUT2D eigenvalue weighted by molar-refractivity contribution is 0.331. The lowest BCUT2D eigenvalue weighted by Gasteiger charge is -2.35. The van der Waals surface area contributed by atoms with Gasteiger partial charge in [-0.1, -0.05) is 39.8 Å². The highest BCUT2D eigenvalue weighted by atomic mass is 19.1. The SMILES string of the molecule is CCCNC(CC)C(C)(C)c1ccc(F)cc1. The summed E-state index contributed by atoms with van der Waals surface area (Å²) in [6.07, 6.45) is 2.21. The van der Waals surface area contributed by atoms with Crippen molar-refractivity contribution in [2.24, 2.45) is 0 Å². The molecule has 0 aromatic heterocycles. The Balaban J connectivity index is 2.86. The van der Waals surface area contributed by atoms with E-state index in [0.717, 1.165) is 19.4 Å². The quantitative estimate of drug-likeness (QED) is 0.791. The van der Waals surface area contributed by atoms with E-state index in [0.29, 0.717) is 6.04 Å². The van der Waals surface area contributed by atoms with Crippen molar-refractivity contribution >= 4 is 0 Å². The highest BCUT2D eigenvalue weighted by Crippen LogP contribution is 2.28. The van der Waals surface area contributed by atoms with Gasteiger partial charge < -0.3 is 5.32 Å². The summed E-state index contributed by atoms with van der Waals surface area (Å²) in [5, 5.41) is 3.58. The number of halogens is 1. The molecule has 1 aromatic carbocycles. The number of benzene rings is 1. The first kappa shape index (κ1) is 14.2. The van der Waals surface area contributed by atoms with Gasteiger partial charge in [-0.15, -0.1) is 0 Å². The lowest BCUT2D eigenvalue weighted by Crippen LogP contribution is -2.44. The predicted octanol–water partition coefficient (Wildman–Crippen LogP) is 3.88. The van der Waals surface area contributed by atoms with Gasteiger partial charge in [-0.25, -0.2) is 4.39 Å². The van der Waals surface area contributed by atoms with Gasteiger partial charge in [0.25, 0.3) is 0 Å². The van der Waals surface area contributed by atoms with E-state index in [4.69, 9.17) is 0 Å². The van der Waals surface area contributed by atoms with Crippen LogP contribution in [0, 0.1) is 5.82 Å². The number of nitrogens with one attached hydrogen (secondary N) is 1. The summed E-state index contributed by atoms with van der Waals surface area (Å²) >= 11 is 0. The van der Waals surface area contributed by atoms with Gasteiger partial charge >= 0.3 is 0 Å². The maximum Gasteiger partial charge on any atom is 0.123 e. The Bertz CT molecular complexity index is 329. The molecular formula is C15H24FN. The molecule has 1 atom stereocenters. The van der Waals surface area contributed by atoms with Crippen LogP contribution < -0.4 is 5.32 Å². The zero-order valence-electron chi connectivity index (χ0n) is 11.4. The third kappa shape index (κ3) is 3.53. The molecule has 1 rings (SSSR count). The van der Waals surface area contributed by atoms with Crippen LogP contribution in [0.3, 0.4) is 0 Å². The molecule has 1 aromatic rings. The molecule has 1 nitrogen and oxygen atoms in total. The summed E-state index contributed by atoms with van der Waals surface area (Å²) in [5.41, 5.74) is 1.21. The van der Waals surface area contributed by atoms with E-state index in [-0.39, 0.29) is 11.2 Å². The van der Waals surface area contributed by atoms with Gasteiger partial charge in [-0.05, 0) is 37.1 Å². The van der Waals surface area contributed by atoms with E-state index >= 15 is 0 Å². The van der Waals surface area contributed by atoms with Gasteiger partial charge in [-0.2, -0.15) is 0 Å². The summed E-state index contributed by atoms with van der Waals surface area (Å²) < 4.78 is 12.9. The second kappa shape index (κ2) is 6.15. The average Bonchev–Trinajstić information content (AvgIpc) is 2.30. The fraction of sp³-hybridized carbons (Fsp3) is 0.600. The van der Waals surface area contributed by atoms with Gasteiger partial charge in [-0.3, -0.25) is 0 Å². The minimum Gasteiger partial charge on any atom is -0.313 e. The molecule has 0 saturated heterocycles. The Morgan fingerprint density at radius 2 is 1.76 bits per heavy atom. The maximum absolute atomic E-state index is 12.9. The Kier molecular flexibility index (Phi) is 5.13. The molecule has 0 saturated carbocycles. The van der Waals surface area contributed by atoms with Crippen molar-refractivity contribution in [1.29, 1.82) is 0 Å². The van der Waals surface area contributed by atoms with Gasteiger partial charge in [0, 0.05) is 11.5 Å². The van der Waals surface area contributed by atoms with Crippen molar-refractivity contribution in [1.82, 2.24) is 5.32 Å². The topological polar surface area (TPSA) is 12.0 Å². The summed E-state index contributed by atoms with van der Waals surface area (Å²) in [5.74, 6) is -0.167. The molecule has 0 aliphatic rings. The molecule has 0 bridgehead atoms. The van der Waals surface area contributed by atoms with E-state index < -0.39 is 0 Å². The van der Waals surface area contributed by atoms with Gasteiger partial charge in [0.2, 0.25) is 0 Å². The third-order valence-electron chi connectivity index (χ3n) is 3.51. The molecule has 0 spiro atoms. The number of hydrogen-bond acceptors (Lipinski definition) is 1. The lowest BCUT2D eigenvalue weighted by atomic mass is 9.76. The standard InChI is InChI=1S/C15H24FN/c1-5-11-17-14(6-2)15(3,4)12-7-9-13(16)10-8-12/h7-10,14,17H,5-6,11H2,1-4H3. The monoisotopic (exact) mass is 237 g/mol. The first-order chi connectivity index (χ1) is 8.02. The first-order valence-electron chi connectivity index (χ1n) is 6.51. The van der Waals surface area contributed by atoms with Crippen molar-refractivity contribution in [3.63, 3.8) is 0 Å². The van der Waals surface area contributed by atoms with Gasteiger partial charge in [0.15, 0.2) is 0 Å². The molecule has 0 radical (unpaired) electrons. The normalized spacial score (nSPS) is 13.7. The Morgan fingerprint density at radius 1 is 1.18 bits per heavy atom. The smallest absolute Gasteiger partial charge is 0.123 e. The maximum atomic E-state index is 12.9. The van der Waals surface area contributed by atoms with Crippen LogP contribution in [0.5, 0.6) is 0 Å². The third-order valence-corrected chi connectivity index (χ3v) is 3.51. The minimum absolute atomic E-state index is 0.0254. The summed E-state index contributed by atoms with van der Waals surface area (Å²) in [7, 11) is 0. The molecule has 96 valence electrons. The molecule has 2 heteroatoms. The molecule has 17 heavy (non-hydrogen) atoms. The highest BCUT2D eigenvalue weighted by Gasteiger charge is 2.29. The van der Waals surface area contributed by atoms with Crippen LogP contribution in [0.1, 0.15) is 46.1 Å². The highest BCUT2D eigenvalue weighted by molar-refractivity contribution is 5.26. The van der Waals surface area contributed by atoms with Crippen LogP contribution in [0.2, 0.25) is 0 Å². The Hall–Kier alpha value is -0.890. The summed E-state index contributed by atoms with van der Waals surface area (Å²) in [6.45, 7) is 9.83. The fourth-order valence-corrected chi connectivity index (χ4v) is 2.31. The molecule has 0 aliphatic carbocycles. The molecule has 0 heterocycles. The molecule has 1 N–H and O–H groups in total. The van der Waals surface area contributed by atoms with Crippen LogP contribution >= 0.6 is 0 Å². The fourth-order valence-electron chi connectivity index (χ4n) is 2.31. The van der Waals surface area contributed by atoms with Crippen LogP contribution in [0.15, 0.2) is 24.3 Å². The van der Waals surface area contributed by atoms with Crippen LogP contribution in [0.25, 0.3) is 0 Å².